The van der Waals surface area contributed by atoms with Crippen molar-refractivity contribution >= 4 is 39.8 Å². The summed E-state index contributed by atoms with van der Waals surface area (Å²) in [5, 5.41) is 11.0. The summed E-state index contributed by atoms with van der Waals surface area (Å²) in [5.41, 5.74) is 5.50. The maximum atomic E-state index is 13.0. The van der Waals surface area contributed by atoms with Crippen LogP contribution in [0.1, 0.15) is 28.1 Å². The van der Waals surface area contributed by atoms with Gasteiger partial charge < -0.3 is 4.57 Å². The molecule has 0 aliphatic carbocycles. The fourth-order valence-corrected chi connectivity index (χ4v) is 4.43. The number of carbonyl (C=O) groups excluding carboxylic acids is 1. The molecule has 3 heterocycles. The van der Waals surface area contributed by atoms with Crippen LogP contribution in [0.2, 0.25) is 0 Å². The fraction of sp³-hybridized carbons (Fsp3) is 0.238. The molecule has 10 heteroatoms. The minimum Gasteiger partial charge on any atom is -0.318 e. The van der Waals surface area contributed by atoms with Crippen LogP contribution in [0.5, 0.6) is 0 Å². The molecule has 1 aromatic heterocycles. The van der Waals surface area contributed by atoms with E-state index in [4.69, 9.17) is 5.41 Å². The summed E-state index contributed by atoms with van der Waals surface area (Å²) in [5.74, 6) is -1.20. The van der Waals surface area contributed by atoms with Crippen LogP contribution < -0.4 is 0 Å². The highest BCUT2D eigenvalue weighted by Crippen LogP contribution is 2.35. The molecule has 31 heavy (non-hydrogen) atoms. The molecule has 1 aromatic carbocycles. The second kappa shape index (κ2) is 7.23. The lowest BCUT2D eigenvalue weighted by Crippen LogP contribution is -2.35. The number of amidine groups is 2. The maximum absolute atomic E-state index is 13.0. The number of rotatable bonds is 2. The molecule has 0 atom stereocenters. The third-order valence-corrected chi connectivity index (χ3v) is 5.89. The first kappa shape index (κ1) is 21.1. The molecule has 4 rings (SSSR count). The van der Waals surface area contributed by atoms with Crippen molar-refractivity contribution in [2.75, 3.05) is 0 Å². The van der Waals surface area contributed by atoms with Crippen LogP contribution in [-0.2, 0) is 4.79 Å². The van der Waals surface area contributed by atoms with Gasteiger partial charge in [0.25, 0.3) is 5.91 Å². The molecule has 2 aliphatic heterocycles. The van der Waals surface area contributed by atoms with Crippen LogP contribution in [0.3, 0.4) is 0 Å². The molecule has 1 N–H and O–H groups in total. The number of halogens is 3. The Morgan fingerprint density at radius 2 is 1.71 bits per heavy atom. The lowest BCUT2D eigenvalue weighted by atomic mass is 10.1. The minimum atomic E-state index is -4.67. The van der Waals surface area contributed by atoms with E-state index in [2.05, 4.69) is 16.2 Å². The highest BCUT2D eigenvalue weighted by atomic mass is 32.2. The first-order chi connectivity index (χ1) is 14.5. The lowest BCUT2D eigenvalue weighted by molar-refractivity contribution is -0.114. The number of aliphatic imine (C=N–C) groups is 1. The number of hydrazone groups is 1. The van der Waals surface area contributed by atoms with E-state index < -0.39 is 23.0 Å². The molecule has 160 valence electrons. The number of carbonyl (C=O) groups is 1. The molecule has 0 radical (unpaired) electrons. The van der Waals surface area contributed by atoms with Gasteiger partial charge in [-0.15, -0.1) is 0 Å². The highest BCUT2D eigenvalue weighted by molar-refractivity contribution is 8.27. The van der Waals surface area contributed by atoms with Crippen LogP contribution in [0, 0.1) is 33.1 Å². The number of nitrogens with one attached hydrogen (secondary N) is 1. The van der Waals surface area contributed by atoms with Crippen molar-refractivity contribution in [1.82, 2.24) is 9.58 Å². The Labute approximate surface area is 180 Å². The molecule has 0 saturated heterocycles. The number of hydrogen-bond acceptors (Lipinski definition) is 4. The number of aryl methyl sites for hydroxylation is 3. The minimum absolute atomic E-state index is 0.114. The molecule has 6 nitrogen and oxygen atoms in total. The van der Waals surface area contributed by atoms with Gasteiger partial charge >= 0.3 is 6.18 Å². The Kier molecular flexibility index (Phi) is 4.92. The molecule has 0 unspecified atom stereocenters. The van der Waals surface area contributed by atoms with Gasteiger partial charge in [-0.1, -0.05) is 6.07 Å². The third kappa shape index (κ3) is 3.71. The molecule has 0 bridgehead atoms. The number of thioether (sulfide) groups is 1. The Bertz CT molecular complexity index is 1220. The van der Waals surface area contributed by atoms with Crippen LogP contribution in [0.4, 0.5) is 13.2 Å². The second-order valence-electron chi connectivity index (χ2n) is 7.43. The Hall–Kier alpha value is -3.14. The van der Waals surface area contributed by atoms with E-state index in [0.29, 0.717) is 5.56 Å². The van der Waals surface area contributed by atoms with E-state index in [1.54, 1.807) is 0 Å². The van der Waals surface area contributed by atoms with Crippen molar-refractivity contribution in [1.29, 1.82) is 5.41 Å². The first-order valence-corrected chi connectivity index (χ1v) is 10.1. The zero-order chi connectivity index (χ0) is 22.7. The fourth-order valence-electron chi connectivity index (χ4n) is 3.67. The van der Waals surface area contributed by atoms with Gasteiger partial charge in [0.2, 0.25) is 10.2 Å². The molecule has 0 fully saturated rings. The standard InChI is InChI=1S/C21H18F3N5OS/c1-10-5-11(2)7-15(6-10)28-12(3)8-14(13(28)4)9-16-17(25)29-20(26-18(16)30)31-19(27-29)21(22,23)24/h5-9,25H,1-4H3/b16-9+,25-17?. The molecule has 2 aromatic rings. The quantitative estimate of drug-likeness (QED) is 0.669. The number of fused-ring (bicyclic) bond motifs is 1. The van der Waals surface area contributed by atoms with Crippen LogP contribution in [-0.4, -0.2) is 37.7 Å². The number of nitrogens with zero attached hydrogens (tertiary/aromatic N) is 4. The predicted octanol–water partition coefficient (Wildman–Crippen LogP) is 4.89. The number of aromatic nitrogens is 1. The molecule has 2 aliphatic rings. The van der Waals surface area contributed by atoms with Gasteiger partial charge in [0.15, 0.2) is 5.84 Å². The van der Waals surface area contributed by atoms with Gasteiger partial charge in [-0.05, 0) is 80.4 Å². The van der Waals surface area contributed by atoms with Crippen LogP contribution in [0.25, 0.3) is 11.8 Å². The summed E-state index contributed by atoms with van der Waals surface area (Å²) in [7, 11) is 0. The summed E-state index contributed by atoms with van der Waals surface area (Å²) in [4.78, 5) is 16.2. The van der Waals surface area contributed by atoms with Gasteiger partial charge in [0, 0.05) is 17.1 Å². The summed E-state index contributed by atoms with van der Waals surface area (Å²) in [6.07, 6.45) is -3.19. The predicted molar refractivity (Wildman–Crippen MR) is 116 cm³/mol. The van der Waals surface area contributed by atoms with Gasteiger partial charge in [-0.25, -0.2) is 0 Å². The summed E-state index contributed by atoms with van der Waals surface area (Å²) in [6, 6.07) is 8.02. The molecular formula is C21H18F3N5OS. The second-order valence-corrected chi connectivity index (χ2v) is 8.39. The van der Waals surface area contributed by atoms with Gasteiger partial charge in [0.05, 0.1) is 5.57 Å². The normalized spacial score (nSPS) is 17.9. The van der Waals surface area contributed by atoms with E-state index in [1.807, 2.05) is 50.5 Å². The van der Waals surface area contributed by atoms with E-state index in [9.17, 15) is 18.0 Å². The summed E-state index contributed by atoms with van der Waals surface area (Å²) >= 11 is 0.235. The van der Waals surface area contributed by atoms with E-state index >= 15 is 0 Å². The Morgan fingerprint density at radius 1 is 1.06 bits per heavy atom. The highest BCUT2D eigenvalue weighted by Gasteiger charge is 2.46. The molecule has 1 amide bonds. The van der Waals surface area contributed by atoms with Crippen LogP contribution >= 0.6 is 11.8 Å². The van der Waals surface area contributed by atoms with E-state index in [-0.39, 0.29) is 22.5 Å². The van der Waals surface area contributed by atoms with E-state index in [1.165, 1.54) is 6.08 Å². The third-order valence-electron chi connectivity index (χ3n) is 4.93. The number of hydrogen-bond donors (Lipinski definition) is 1. The number of amides is 1. The Balaban J connectivity index is 1.76. The van der Waals surface area contributed by atoms with Crippen molar-refractivity contribution in [3.05, 3.63) is 57.9 Å². The average molecular weight is 445 g/mol. The number of alkyl halides is 3. The van der Waals surface area contributed by atoms with Gasteiger partial charge in [-0.3, -0.25) is 10.2 Å². The molecule has 0 spiro atoms. The van der Waals surface area contributed by atoms with Crippen molar-refractivity contribution in [3.8, 4) is 5.69 Å². The zero-order valence-electron chi connectivity index (χ0n) is 17.1. The van der Waals surface area contributed by atoms with Crippen molar-refractivity contribution < 1.29 is 18.0 Å². The zero-order valence-corrected chi connectivity index (χ0v) is 17.9. The van der Waals surface area contributed by atoms with Gasteiger partial charge in [-0.2, -0.15) is 28.3 Å². The molecule has 0 saturated carbocycles. The van der Waals surface area contributed by atoms with Crippen LogP contribution in [0.15, 0.2) is 39.9 Å². The SMILES string of the molecule is Cc1cc(C)cc(-n2c(C)cc(/C=C3\C(=N)N4N=C(C(F)(F)F)SC4=NC3=O)c2C)c1. The lowest BCUT2D eigenvalue weighted by Gasteiger charge is -2.20. The largest absolute Gasteiger partial charge is 0.441 e. The molecular weight excluding hydrogens is 427 g/mol. The van der Waals surface area contributed by atoms with Crippen molar-refractivity contribution in [2.24, 2.45) is 10.1 Å². The smallest absolute Gasteiger partial charge is 0.318 e. The summed E-state index contributed by atoms with van der Waals surface area (Å²) in [6.45, 7) is 7.83. The summed E-state index contributed by atoms with van der Waals surface area (Å²) < 4.78 is 41.0. The topological polar surface area (TPSA) is 73.8 Å². The maximum Gasteiger partial charge on any atom is 0.441 e. The van der Waals surface area contributed by atoms with Crippen molar-refractivity contribution in [3.63, 3.8) is 0 Å². The number of benzene rings is 1. The van der Waals surface area contributed by atoms with E-state index in [0.717, 1.165) is 33.2 Å². The van der Waals surface area contributed by atoms with Crippen molar-refractivity contribution in [2.45, 2.75) is 33.9 Å². The van der Waals surface area contributed by atoms with Gasteiger partial charge in [0.1, 0.15) is 0 Å². The Morgan fingerprint density at radius 3 is 2.32 bits per heavy atom. The first-order valence-electron chi connectivity index (χ1n) is 9.30. The average Bonchev–Trinajstić information content (AvgIpc) is 3.19. The monoisotopic (exact) mass is 445 g/mol.